The summed E-state index contributed by atoms with van der Waals surface area (Å²) in [6.45, 7) is 0. The molecule has 0 aliphatic carbocycles. The van der Waals surface area contributed by atoms with Crippen LogP contribution in [-0.2, 0) is 6.18 Å². The molecule has 1 aromatic heterocycles. The van der Waals surface area contributed by atoms with Gasteiger partial charge in [0.2, 0.25) is 5.82 Å². The Morgan fingerprint density at radius 2 is 1.93 bits per heavy atom. The van der Waals surface area contributed by atoms with E-state index in [2.05, 4.69) is 20.9 Å². The van der Waals surface area contributed by atoms with Crippen molar-refractivity contribution in [1.82, 2.24) is 9.97 Å². The van der Waals surface area contributed by atoms with Crippen molar-refractivity contribution < 1.29 is 17.6 Å². The average molecular weight is 283 g/mol. The number of H-pyrrole nitrogens is 1. The molecule has 0 fully saturated rings. The van der Waals surface area contributed by atoms with Gasteiger partial charge in [-0.15, -0.1) is 0 Å². The second-order valence-electron chi connectivity index (χ2n) is 2.84. The molecule has 0 aliphatic heterocycles. The number of nitrogens with zero attached hydrogens (tertiary/aromatic N) is 1. The van der Waals surface area contributed by atoms with Gasteiger partial charge in [0.1, 0.15) is 5.52 Å². The lowest BCUT2D eigenvalue weighted by atomic mass is 10.3. The maximum Gasteiger partial charge on any atom is 0.449 e. The number of fused-ring (bicyclic) bond motifs is 1. The van der Waals surface area contributed by atoms with Gasteiger partial charge < -0.3 is 4.98 Å². The zero-order valence-corrected chi connectivity index (χ0v) is 8.58. The zero-order chi connectivity index (χ0) is 11.2. The highest BCUT2D eigenvalue weighted by atomic mass is 79.9. The predicted octanol–water partition coefficient (Wildman–Crippen LogP) is 3.48. The Morgan fingerprint density at radius 3 is 2.47 bits per heavy atom. The normalized spacial score (nSPS) is 12.3. The van der Waals surface area contributed by atoms with E-state index in [0.717, 1.165) is 6.07 Å². The first-order valence-corrected chi connectivity index (χ1v) is 4.60. The maximum absolute atomic E-state index is 13.1. The SMILES string of the molecule is Fc1ccc(Br)c2[nH]c(C(F)(F)F)nc12. The van der Waals surface area contributed by atoms with Crippen molar-refractivity contribution in [1.29, 1.82) is 0 Å². The Labute approximate surface area is 89.4 Å². The van der Waals surface area contributed by atoms with Gasteiger partial charge in [0.15, 0.2) is 5.82 Å². The molecule has 0 spiro atoms. The van der Waals surface area contributed by atoms with Gasteiger partial charge >= 0.3 is 6.18 Å². The van der Waals surface area contributed by atoms with Crippen molar-refractivity contribution in [3.63, 3.8) is 0 Å². The van der Waals surface area contributed by atoms with Gasteiger partial charge in [-0.2, -0.15) is 13.2 Å². The molecule has 0 saturated carbocycles. The minimum absolute atomic E-state index is 0.00215. The van der Waals surface area contributed by atoms with Crippen LogP contribution in [0.3, 0.4) is 0 Å². The summed E-state index contributed by atoms with van der Waals surface area (Å²) in [4.78, 5) is 5.18. The first-order valence-electron chi connectivity index (χ1n) is 3.80. The van der Waals surface area contributed by atoms with Crippen molar-refractivity contribution in [2.75, 3.05) is 0 Å². The van der Waals surface area contributed by atoms with Crippen molar-refractivity contribution in [2.45, 2.75) is 6.18 Å². The van der Waals surface area contributed by atoms with Gasteiger partial charge in [0.05, 0.1) is 5.52 Å². The van der Waals surface area contributed by atoms with Crippen LogP contribution < -0.4 is 0 Å². The Kier molecular flexibility index (Phi) is 2.22. The second kappa shape index (κ2) is 3.19. The van der Waals surface area contributed by atoms with Crippen LogP contribution in [0, 0.1) is 5.82 Å². The molecule has 1 aromatic carbocycles. The molecule has 0 bridgehead atoms. The van der Waals surface area contributed by atoms with Gasteiger partial charge in [0, 0.05) is 4.47 Å². The molecular weight excluding hydrogens is 280 g/mol. The molecule has 0 amide bonds. The molecule has 0 aliphatic rings. The van der Waals surface area contributed by atoms with Crippen LogP contribution in [0.15, 0.2) is 16.6 Å². The van der Waals surface area contributed by atoms with E-state index in [0.29, 0.717) is 4.47 Å². The third-order valence-electron chi connectivity index (χ3n) is 1.81. The topological polar surface area (TPSA) is 28.7 Å². The Bertz CT molecular complexity index is 478. The summed E-state index contributed by atoms with van der Waals surface area (Å²) in [5.41, 5.74) is -0.320. The molecule has 0 atom stereocenters. The summed E-state index contributed by atoms with van der Waals surface area (Å²) in [6, 6.07) is 2.36. The predicted molar refractivity (Wildman–Crippen MR) is 48.8 cm³/mol. The van der Waals surface area contributed by atoms with E-state index < -0.39 is 17.8 Å². The van der Waals surface area contributed by atoms with Crippen LogP contribution >= 0.6 is 15.9 Å². The number of hydrogen-bond acceptors (Lipinski definition) is 1. The van der Waals surface area contributed by atoms with Crippen LogP contribution in [0.4, 0.5) is 17.6 Å². The summed E-state index contributed by atoms with van der Waals surface area (Å²) in [5.74, 6) is -2.00. The molecule has 0 unspecified atom stereocenters. The van der Waals surface area contributed by atoms with Crippen molar-refractivity contribution in [2.24, 2.45) is 0 Å². The molecule has 15 heavy (non-hydrogen) atoms. The van der Waals surface area contributed by atoms with Crippen LogP contribution in [0.2, 0.25) is 0 Å². The summed E-state index contributed by atoms with van der Waals surface area (Å²) in [6.07, 6.45) is -4.61. The number of alkyl halides is 3. The fraction of sp³-hybridized carbons (Fsp3) is 0.125. The average Bonchev–Trinajstić information content (AvgIpc) is 2.56. The summed E-state index contributed by atoms with van der Waals surface area (Å²) in [7, 11) is 0. The third kappa shape index (κ3) is 1.71. The van der Waals surface area contributed by atoms with Gasteiger partial charge in [-0.1, -0.05) is 0 Å². The van der Waals surface area contributed by atoms with E-state index in [4.69, 9.17) is 0 Å². The first kappa shape index (κ1) is 10.4. The lowest BCUT2D eigenvalue weighted by molar-refractivity contribution is -0.144. The molecule has 0 radical (unpaired) electrons. The smallest absolute Gasteiger partial charge is 0.333 e. The molecule has 1 heterocycles. The number of rotatable bonds is 0. The van der Waals surface area contributed by atoms with Gasteiger partial charge in [-0.05, 0) is 28.1 Å². The third-order valence-corrected chi connectivity index (χ3v) is 2.47. The summed E-state index contributed by atoms with van der Waals surface area (Å²) < 4.78 is 50.2. The Morgan fingerprint density at radius 1 is 1.27 bits per heavy atom. The van der Waals surface area contributed by atoms with Gasteiger partial charge in [0.25, 0.3) is 0 Å². The maximum atomic E-state index is 13.1. The molecule has 2 aromatic rings. The molecule has 2 rings (SSSR count). The lowest BCUT2D eigenvalue weighted by Gasteiger charge is -1.99. The number of imidazole rings is 1. The van der Waals surface area contributed by atoms with E-state index in [-0.39, 0.29) is 11.0 Å². The van der Waals surface area contributed by atoms with E-state index in [9.17, 15) is 17.6 Å². The van der Waals surface area contributed by atoms with Crippen molar-refractivity contribution >= 4 is 27.0 Å². The highest BCUT2D eigenvalue weighted by molar-refractivity contribution is 9.10. The van der Waals surface area contributed by atoms with Crippen LogP contribution in [0.5, 0.6) is 0 Å². The minimum atomic E-state index is -4.61. The number of benzene rings is 1. The summed E-state index contributed by atoms with van der Waals surface area (Å²) >= 11 is 3.01. The van der Waals surface area contributed by atoms with Gasteiger partial charge in [-0.25, -0.2) is 9.37 Å². The van der Waals surface area contributed by atoms with Crippen molar-refractivity contribution in [3.8, 4) is 0 Å². The number of nitrogens with one attached hydrogen (secondary N) is 1. The number of aromatic nitrogens is 2. The van der Waals surface area contributed by atoms with Crippen molar-refractivity contribution in [3.05, 3.63) is 28.2 Å². The van der Waals surface area contributed by atoms with E-state index in [1.807, 2.05) is 4.98 Å². The molecular formula is C8H3BrF4N2. The first-order chi connectivity index (χ1) is 6.89. The molecule has 80 valence electrons. The van der Waals surface area contributed by atoms with E-state index in [1.54, 1.807) is 0 Å². The zero-order valence-electron chi connectivity index (χ0n) is 6.99. The summed E-state index contributed by atoms with van der Waals surface area (Å²) in [5, 5.41) is 0. The van der Waals surface area contributed by atoms with E-state index in [1.165, 1.54) is 6.07 Å². The highest BCUT2D eigenvalue weighted by Gasteiger charge is 2.35. The largest absolute Gasteiger partial charge is 0.449 e. The fourth-order valence-corrected chi connectivity index (χ4v) is 1.58. The number of hydrogen-bond donors (Lipinski definition) is 1. The van der Waals surface area contributed by atoms with Crippen LogP contribution in [0.25, 0.3) is 11.0 Å². The molecule has 7 heteroatoms. The minimum Gasteiger partial charge on any atom is -0.333 e. The molecule has 1 N–H and O–H groups in total. The second-order valence-corrected chi connectivity index (χ2v) is 3.69. The monoisotopic (exact) mass is 282 g/mol. The fourth-order valence-electron chi connectivity index (χ4n) is 1.16. The van der Waals surface area contributed by atoms with Gasteiger partial charge in [-0.3, -0.25) is 0 Å². The number of halogens is 5. The molecule has 0 saturated heterocycles. The highest BCUT2D eigenvalue weighted by Crippen LogP contribution is 2.31. The van der Waals surface area contributed by atoms with Crippen LogP contribution in [-0.4, -0.2) is 9.97 Å². The Balaban J connectivity index is 2.76. The van der Waals surface area contributed by atoms with Crippen LogP contribution in [0.1, 0.15) is 5.82 Å². The molecule has 2 nitrogen and oxygen atoms in total. The Hall–Kier alpha value is -1.11. The van der Waals surface area contributed by atoms with E-state index >= 15 is 0 Å². The quantitative estimate of drug-likeness (QED) is 0.737. The lowest BCUT2D eigenvalue weighted by Crippen LogP contribution is -2.06. The standard InChI is InChI=1S/C8H3BrF4N2/c9-3-1-2-4(10)6-5(3)14-7(15-6)8(11,12)13/h1-2H,(H,14,15). The number of aromatic amines is 1.